The number of rotatable bonds is 17. The number of nitrogens with two attached hydrogens (primary N) is 4. The SMILES string of the molecule is Cc1nc(N)c2c(C(N)=O)cn([C@@H]3O[C@H](COP(=O)(O)OP(=O)(O)OP(=O)(O)O)[C@@H](ONC(=O)c4cn([C@@H]5O[C@H](COC(=O)[C@@H](N)C(C)C)[C@@H](O)[C@@]5(C)O)c5nc(C)nc(N)c45)[C@H]3O)c2n1. The van der Waals surface area contributed by atoms with Crippen LogP contribution in [-0.4, -0.2) is 137 Å². The second kappa shape index (κ2) is 18.5. The number of ether oxygens (including phenoxy) is 3. The van der Waals surface area contributed by atoms with Crippen LogP contribution in [0.1, 0.15) is 65.6 Å². The summed E-state index contributed by atoms with van der Waals surface area (Å²) in [5.41, 5.74) is 22.9. The lowest BCUT2D eigenvalue weighted by Gasteiger charge is -2.27. The Balaban J connectivity index is 1.32. The lowest BCUT2D eigenvalue weighted by Crippen LogP contribution is -2.45. The van der Waals surface area contributed by atoms with Gasteiger partial charge in [-0.2, -0.15) is 8.62 Å². The minimum Gasteiger partial charge on any atom is -0.462 e. The molecule has 0 bridgehead atoms. The van der Waals surface area contributed by atoms with Gasteiger partial charge in [0.2, 0.25) is 0 Å². The first-order valence-electron chi connectivity index (χ1n) is 19.1. The Hall–Kier alpha value is -4.62. The first kappa shape index (κ1) is 50.8. The lowest BCUT2D eigenvalue weighted by molar-refractivity contribution is -0.152. The van der Waals surface area contributed by atoms with Crippen molar-refractivity contribution in [2.75, 3.05) is 24.7 Å². The number of aromatic nitrogens is 6. The number of aliphatic hydroxyl groups excluding tert-OH is 2. The molecule has 6 heterocycles. The van der Waals surface area contributed by atoms with Crippen molar-refractivity contribution < 1.29 is 95.2 Å². The Labute approximate surface area is 370 Å². The number of esters is 1. The fraction of sp³-hybridized carbons (Fsp3) is 0.531. The van der Waals surface area contributed by atoms with Crippen molar-refractivity contribution in [2.45, 2.75) is 89.2 Å². The van der Waals surface area contributed by atoms with Gasteiger partial charge in [-0.3, -0.25) is 23.7 Å². The van der Waals surface area contributed by atoms with E-state index < -0.39 is 109 Å². The molecule has 0 radical (unpaired) electrons. The summed E-state index contributed by atoms with van der Waals surface area (Å²) in [6.45, 7) is 5.72. The van der Waals surface area contributed by atoms with E-state index in [-0.39, 0.29) is 62.4 Å². The van der Waals surface area contributed by atoms with Crippen LogP contribution in [0.15, 0.2) is 12.4 Å². The summed E-state index contributed by atoms with van der Waals surface area (Å²) >= 11 is 0. The molecule has 0 saturated carbocycles. The smallest absolute Gasteiger partial charge is 0.462 e. The number of primary amides is 1. The van der Waals surface area contributed by atoms with Crippen LogP contribution in [0.2, 0.25) is 0 Å². The zero-order valence-electron chi connectivity index (χ0n) is 35.0. The van der Waals surface area contributed by atoms with Crippen molar-refractivity contribution in [1.82, 2.24) is 34.6 Å². The van der Waals surface area contributed by atoms with E-state index in [4.69, 9.17) is 56.3 Å². The highest BCUT2D eigenvalue weighted by Crippen LogP contribution is 2.66. The van der Waals surface area contributed by atoms with Gasteiger partial charge in [0.25, 0.3) is 11.8 Å². The largest absolute Gasteiger partial charge is 0.490 e. The van der Waals surface area contributed by atoms with Gasteiger partial charge in [0.1, 0.15) is 83.3 Å². The first-order chi connectivity index (χ1) is 30.4. The van der Waals surface area contributed by atoms with Crippen molar-refractivity contribution in [2.24, 2.45) is 17.4 Å². The van der Waals surface area contributed by atoms with Gasteiger partial charge in [-0.15, -0.1) is 0 Å². The van der Waals surface area contributed by atoms with Crippen molar-refractivity contribution in [1.29, 1.82) is 0 Å². The number of nitrogens with one attached hydrogen (secondary N) is 1. The molecule has 0 aliphatic carbocycles. The van der Waals surface area contributed by atoms with E-state index in [2.05, 4.69) is 34.0 Å². The molecular weight excluding hydrogens is 951 g/mol. The summed E-state index contributed by atoms with van der Waals surface area (Å²) in [6.07, 6.45) is -9.75. The highest BCUT2D eigenvalue weighted by Gasteiger charge is 2.54. The van der Waals surface area contributed by atoms with Crippen molar-refractivity contribution in [3.05, 3.63) is 35.2 Å². The number of nitrogens with zero attached hydrogens (tertiary/aromatic N) is 6. The van der Waals surface area contributed by atoms with Gasteiger partial charge in [0.05, 0.1) is 28.5 Å². The number of anilines is 2. The maximum atomic E-state index is 14.1. The normalized spacial score (nSPS) is 27.0. The van der Waals surface area contributed by atoms with Crippen LogP contribution < -0.4 is 28.4 Å². The Kier molecular flexibility index (Phi) is 14.2. The lowest BCUT2D eigenvalue weighted by atomic mass is 9.96. The maximum absolute atomic E-state index is 14.1. The van der Waals surface area contributed by atoms with Crippen molar-refractivity contribution in [3.63, 3.8) is 0 Å². The van der Waals surface area contributed by atoms with E-state index >= 15 is 0 Å². The number of hydrogen-bond acceptors (Lipinski definition) is 23. The zero-order chi connectivity index (χ0) is 49.2. The van der Waals surface area contributed by atoms with E-state index in [9.17, 15) is 53.2 Å². The minimum atomic E-state index is -5.99. The van der Waals surface area contributed by atoms with Crippen LogP contribution >= 0.6 is 23.5 Å². The average molecular weight is 998 g/mol. The Morgan fingerprint density at radius 1 is 0.864 bits per heavy atom. The molecule has 2 aliphatic rings. The molecule has 4 aromatic rings. The molecule has 31 nitrogen and oxygen atoms in total. The van der Waals surface area contributed by atoms with Crippen LogP contribution in [0.25, 0.3) is 22.1 Å². The molecule has 11 atom stereocenters. The van der Waals surface area contributed by atoms with Gasteiger partial charge < -0.3 is 81.2 Å². The predicted octanol–water partition coefficient (Wildman–Crippen LogP) is -2.08. The molecule has 2 aliphatic heterocycles. The average Bonchev–Trinajstić information content (AvgIpc) is 3.89. The third-order valence-electron chi connectivity index (χ3n) is 10.2. The van der Waals surface area contributed by atoms with Crippen LogP contribution in [0.5, 0.6) is 0 Å². The molecule has 2 unspecified atom stereocenters. The molecule has 2 saturated heterocycles. The van der Waals surface area contributed by atoms with Crippen LogP contribution in [0.4, 0.5) is 11.6 Å². The molecule has 4 aromatic heterocycles. The third kappa shape index (κ3) is 10.4. The molecule has 66 heavy (non-hydrogen) atoms. The molecule has 0 spiro atoms. The Bertz CT molecular complexity index is 2710. The summed E-state index contributed by atoms with van der Waals surface area (Å²) in [5.74, 6) is -3.57. The molecule has 6 rings (SSSR count). The number of hydroxylamine groups is 1. The van der Waals surface area contributed by atoms with E-state index in [1.165, 1.54) is 20.8 Å². The second-order valence-electron chi connectivity index (χ2n) is 15.5. The predicted molar refractivity (Wildman–Crippen MR) is 218 cm³/mol. The number of carbonyl (C=O) groups excluding carboxylic acids is 3. The van der Waals surface area contributed by atoms with Crippen molar-refractivity contribution >= 4 is 75.0 Å². The quantitative estimate of drug-likeness (QED) is 0.0307. The molecule has 34 heteroatoms. The summed E-state index contributed by atoms with van der Waals surface area (Å²) in [6, 6.07) is -0.999. The van der Waals surface area contributed by atoms with Crippen LogP contribution in [0, 0.1) is 19.8 Å². The van der Waals surface area contributed by atoms with Gasteiger partial charge in [-0.25, -0.2) is 39.1 Å². The van der Waals surface area contributed by atoms with Crippen LogP contribution in [-0.2, 0) is 50.7 Å². The van der Waals surface area contributed by atoms with Crippen molar-refractivity contribution in [3.8, 4) is 0 Å². The zero-order valence-corrected chi connectivity index (χ0v) is 37.7. The van der Waals surface area contributed by atoms with E-state index in [1.54, 1.807) is 13.8 Å². The topological polar surface area (TPSA) is 486 Å². The number of aliphatic hydroxyl groups is 3. The second-order valence-corrected chi connectivity index (χ2v) is 19.9. The summed E-state index contributed by atoms with van der Waals surface area (Å²) in [5, 5.41) is 34.2. The summed E-state index contributed by atoms with van der Waals surface area (Å²) in [7, 11) is -17.6. The monoisotopic (exact) mass is 997 g/mol. The number of fused-ring (bicyclic) bond motifs is 2. The van der Waals surface area contributed by atoms with E-state index in [0.717, 1.165) is 21.5 Å². The molecule has 364 valence electrons. The van der Waals surface area contributed by atoms with Gasteiger partial charge in [-0.1, -0.05) is 13.8 Å². The number of nitrogen functional groups attached to an aromatic ring is 2. The standard InChI is InChI=1S/C32H46N11O20P3/c1-10(2)19(33)30(48)57-8-16-22(45)32(5,49)31(60-16)43-7-14(18-24(35)38-12(4)40-27(18)43)28(47)41-61-21-15(9-58-65(53,54)63-66(55,56)62-64(50,51)52)59-29(20(21)44)42-6-13(25(36)46)17-23(34)37-11(3)39-26(17)42/h6-7,10,15-16,19-22,29,31,44-45,49H,8-9,33H2,1-5H3,(H2,36,46)(H,41,47)(H,53,54)(H,55,56)(H2,34,37,39)(H2,35,38,40)(H2,50,51,52)/t15-,16-,19+,20-,21-,22-,29-,31-,32-/m1/s1. The molecule has 2 fully saturated rings. The van der Waals surface area contributed by atoms with E-state index in [1.807, 2.05) is 0 Å². The fourth-order valence-corrected chi connectivity index (χ4v) is 10.1. The van der Waals surface area contributed by atoms with Crippen LogP contribution in [0.3, 0.4) is 0 Å². The molecular formula is C32H46N11O20P3. The van der Waals surface area contributed by atoms with Gasteiger partial charge in [0.15, 0.2) is 12.5 Å². The first-order valence-corrected chi connectivity index (χ1v) is 23.6. The number of hydrogen-bond donors (Lipinski definition) is 12. The number of aryl methyl sites for hydroxylation is 2. The number of phosphoric acid groups is 3. The van der Waals surface area contributed by atoms with Gasteiger partial charge >= 0.3 is 29.4 Å². The van der Waals surface area contributed by atoms with Gasteiger partial charge in [0, 0.05) is 12.4 Å². The molecule has 16 N–H and O–H groups in total. The minimum absolute atomic E-state index is 0.0711. The highest BCUT2D eigenvalue weighted by molar-refractivity contribution is 7.66. The Morgan fingerprint density at radius 2 is 1.42 bits per heavy atom. The summed E-state index contributed by atoms with van der Waals surface area (Å²) < 4.78 is 67.5. The number of carbonyl (C=O) groups is 3. The number of amides is 2. The highest BCUT2D eigenvalue weighted by atomic mass is 31.3. The van der Waals surface area contributed by atoms with Gasteiger partial charge in [-0.05, 0) is 26.7 Å². The molecule has 2 amide bonds. The maximum Gasteiger partial charge on any atom is 0.490 e. The summed E-state index contributed by atoms with van der Waals surface area (Å²) in [4.78, 5) is 99.0. The fourth-order valence-electron chi connectivity index (χ4n) is 7.10. The molecule has 0 aromatic carbocycles. The third-order valence-corrected chi connectivity index (χ3v) is 14.0. The Morgan fingerprint density at radius 3 is 1.98 bits per heavy atom. The number of phosphoric ester groups is 1. The van der Waals surface area contributed by atoms with E-state index in [0.29, 0.717) is 0 Å².